The van der Waals surface area contributed by atoms with Crippen molar-refractivity contribution >= 4 is 21.6 Å². The molecule has 0 atom stereocenters. The van der Waals surface area contributed by atoms with E-state index in [-0.39, 0.29) is 10.8 Å². The highest BCUT2D eigenvalue weighted by Gasteiger charge is 2.27. The summed E-state index contributed by atoms with van der Waals surface area (Å²) in [5.74, 6) is 0.149. The van der Waals surface area contributed by atoms with Crippen LogP contribution in [0.5, 0.6) is 0 Å². The summed E-state index contributed by atoms with van der Waals surface area (Å²) in [5.41, 5.74) is 2.19. The number of benzene rings is 2. The van der Waals surface area contributed by atoms with E-state index in [4.69, 9.17) is 0 Å². The third-order valence-electron chi connectivity index (χ3n) is 4.63. The lowest BCUT2D eigenvalue weighted by molar-refractivity contribution is 0.102. The van der Waals surface area contributed by atoms with Gasteiger partial charge in [0.1, 0.15) is 0 Å². The fraction of sp³-hybridized carbons (Fsp3) is 0.350. The van der Waals surface area contributed by atoms with Crippen LogP contribution in [-0.4, -0.2) is 31.7 Å². The van der Waals surface area contributed by atoms with Crippen LogP contribution >= 0.6 is 0 Å². The Morgan fingerprint density at radius 2 is 1.69 bits per heavy atom. The third-order valence-corrected chi connectivity index (χ3v) is 6.53. The maximum Gasteiger partial charge on any atom is 0.255 e. The van der Waals surface area contributed by atoms with Gasteiger partial charge < -0.3 is 5.32 Å². The highest BCUT2D eigenvalue weighted by Crippen LogP contribution is 2.23. The molecule has 0 aromatic heterocycles. The molecule has 0 radical (unpaired) electrons. The summed E-state index contributed by atoms with van der Waals surface area (Å²) in [6.07, 6.45) is 1.78. The van der Waals surface area contributed by atoms with Crippen molar-refractivity contribution in [3.63, 3.8) is 0 Å². The molecule has 1 fully saturated rings. The maximum atomic E-state index is 12.7. The molecule has 2 aromatic rings. The van der Waals surface area contributed by atoms with Crippen LogP contribution in [0.1, 0.15) is 48.5 Å². The zero-order valence-electron chi connectivity index (χ0n) is 15.1. The highest BCUT2D eigenvalue weighted by molar-refractivity contribution is 7.89. The number of nitrogens with zero attached hydrogens (tertiary/aromatic N) is 1. The molecule has 1 heterocycles. The lowest BCUT2D eigenvalue weighted by Crippen LogP contribution is -2.27. The lowest BCUT2D eigenvalue weighted by Gasteiger charge is -2.16. The van der Waals surface area contributed by atoms with E-state index >= 15 is 0 Å². The third kappa shape index (κ3) is 3.97. The van der Waals surface area contributed by atoms with Crippen LogP contribution in [0, 0.1) is 0 Å². The largest absolute Gasteiger partial charge is 0.322 e. The number of carbonyl (C=O) groups is 1. The van der Waals surface area contributed by atoms with Gasteiger partial charge in [0.25, 0.3) is 5.91 Å². The van der Waals surface area contributed by atoms with E-state index in [1.807, 2.05) is 12.1 Å². The number of sulfonamides is 1. The Morgan fingerprint density at radius 1 is 1.04 bits per heavy atom. The summed E-state index contributed by atoms with van der Waals surface area (Å²) < 4.78 is 26.8. The number of amides is 1. The second-order valence-corrected chi connectivity index (χ2v) is 8.81. The van der Waals surface area contributed by atoms with Gasteiger partial charge in [0.15, 0.2) is 0 Å². The second-order valence-electron chi connectivity index (χ2n) is 6.87. The fourth-order valence-electron chi connectivity index (χ4n) is 3.03. The molecule has 0 saturated carbocycles. The first-order valence-electron chi connectivity index (χ1n) is 8.89. The summed E-state index contributed by atoms with van der Waals surface area (Å²) >= 11 is 0. The molecule has 0 spiro atoms. The fourth-order valence-corrected chi connectivity index (χ4v) is 4.60. The molecule has 3 rings (SSSR count). The second kappa shape index (κ2) is 7.60. The lowest BCUT2D eigenvalue weighted by atomic mass is 10.0. The van der Waals surface area contributed by atoms with E-state index in [0.717, 1.165) is 12.8 Å². The summed E-state index contributed by atoms with van der Waals surface area (Å²) in [5, 5.41) is 2.79. The van der Waals surface area contributed by atoms with Crippen molar-refractivity contribution in [3.05, 3.63) is 59.7 Å². The van der Waals surface area contributed by atoms with Gasteiger partial charge in [-0.2, -0.15) is 4.31 Å². The van der Waals surface area contributed by atoms with Crippen LogP contribution < -0.4 is 5.32 Å². The molecule has 138 valence electrons. The van der Waals surface area contributed by atoms with Crippen LogP contribution in [0.3, 0.4) is 0 Å². The highest BCUT2D eigenvalue weighted by atomic mass is 32.2. The van der Waals surface area contributed by atoms with Crippen LogP contribution in [0.4, 0.5) is 5.69 Å². The molecule has 1 aliphatic heterocycles. The maximum absolute atomic E-state index is 12.7. The SMILES string of the molecule is CC(C)c1ccc(C(=O)Nc2cccc(S(=O)(=O)N3CCCC3)c2)cc1. The average Bonchev–Trinajstić information content (AvgIpc) is 3.17. The van der Waals surface area contributed by atoms with Gasteiger partial charge in [0.2, 0.25) is 10.0 Å². The first kappa shape index (κ1) is 18.6. The Kier molecular flexibility index (Phi) is 5.44. The number of hydrogen-bond acceptors (Lipinski definition) is 3. The molecular formula is C20H24N2O3S. The molecule has 6 heteroatoms. The Labute approximate surface area is 155 Å². The Morgan fingerprint density at radius 3 is 2.31 bits per heavy atom. The number of hydrogen-bond donors (Lipinski definition) is 1. The number of anilines is 1. The van der Waals surface area contributed by atoms with Crippen LogP contribution in [0.2, 0.25) is 0 Å². The van der Waals surface area contributed by atoms with Crippen molar-refractivity contribution in [2.24, 2.45) is 0 Å². The van der Waals surface area contributed by atoms with Crippen LogP contribution in [-0.2, 0) is 10.0 Å². The zero-order valence-corrected chi connectivity index (χ0v) is 15.9. The zero-order chi connectivity index (χ0) is 18.7. The number of nitrogens with one attached hydrogen (secondary N) is 1. The van der Waals surface area contributed by atoms with Gasteiger partial charge in [-0.05, 0) is 54.7 Å². The summed E-state index contributed by atoms with van der Waals surface area (Å²) in [6, 6.07) is 13.9. The normalized spacial score (nSPS) is 15.3. The molecule has 5 nitrogen and oxygen atoms in total. The van der Waals surface area contributed by atoms with E-state index in [1.54, 1.807) is 30.3 Å². The van der Waals surface area contributed by atoms with Gasteiger partial charge in [-0.1, -0.05) is 32.0 Å². The van der Waals surface area contributed by atoms with Crippen molar-refractivity contribution in [1.29, 1.82) is 0 Å². The molecule has 1 aliphatic rings. The van der Waals surface area contributed by atoms with Crippen molar-refractivity contribution in [2.75, 3.05) is 18.4 Å². The van der Waals surface area contributed by atoms with Gasteiger partial charge in [-0.25, -0.2) is 8.42 Å². The molecule has 2 aromatic carbocycles. The molecule has 0 unspecified atom stereocenters. The van der Waals surface area contributed by atoms with E-state index in [0.29, 0.717) is 30.3 Å². The van der Waals surface area contributed by atoms with E-state index in [1.165, 1.54) is 15.9 Å². The van der Waals surface area contributed by atoms with Gasteiger partial charge >= 0.3 is 0 Å². The molecule has 0 aliphatic carbocycles. The predicted molar refractivity (Wildman–Crippen MR) is 103 cm³/mol. The van der Waals surface area contributed by atoms with Crippen molar-refractivity contribution in [2.45, 2.75) is 37.5 Å². The van der Waals surface area contributed by atoms with Crippen LogP contribution in [0.25, 0.3) is 0 Å². The minimum absolute atomic E-state index is 0.215. The Bertz CT molecular complexity index is 884. The summed E-state index contributed by atoms with van der Waals surface area (Å²) in [6.45, 7) is 5.31. The number of carbonyl (C=O) groups excluding carboxylic acids is 1. The van der Waals surface area contributed by atoms with Crippen molar-refractivity contribution < 1.29 is 13.2 Å². The van der Waals surface area contributed by atoms with Crippen molar-refractivity contribution in [3.8, 4) is 0 Å². The first-order valence-corrected chi connectivity index (χ1v) is 10.3. The quantitative estimate of drug-likeness (QED) is 0.867. The van der Waals surface area contributed by atoms with Gasteiger partial charge in [0.05, 0.1) is 4.90 Å². The smallest absolute Gasteiger partial charge is 0.255 e. The standard InChI is InChI=1S/C20H24N2O3S/c1-15(2)16-8-10-17(11-9-16)20(23)21-18-6-5-7-19(14-18)26(24,25)22-12-3-4-13-22/h5-11,14-15H,3-4,12-13H2,1-2H3,(H,21,23). The van der Waals surface area contributed by atoms with E-state index < -0.39 is 10.0 Å². The molecule has 0 bridgehead atoms. The topological polar surface area (TPSA) is 66.5 Å². The van der Waals surface area contributed by atoms with Gasteiger partial charge in [-0.3, -0.25) is 4.79 Å². The molecular weight excluding hydrogens is 348 g/mol. The summed E-state index contributed by atoms with van der Waals surface area (Å²) in [7, 11) is -3.49. The van der Waals surface area contributed by atoms with Crippen molar-refractivity contribution in [1.82, 2.24) is 4.31 Å². The minimum atomic E-state index is -3.49. The molecule has 1 saturated heterocycles. The monoisotopic (exact) mass is 372 g/mol. The Hall–Kier alpha value is -2.18. The summed E-state index contributed by atoms with van der Waals surface area (Å²) in [4.78, 5) is 12.7. The Balaban J connectivity index is 1.77. The number of rotatable bonds is 5. The molecule has 1 amide bonds. The van der Waals surface area contributed by atoms with E-state index in [2.05, 4.69) is 19.2 Å². The molecule has 26 heavy (non-hydrogen) atoms. The van der Waals surface area contributed by atoms with Gasteiger partial charge in [0, 0.05) is 24.3 Å². The predicted octanol–water partition coefficient (Wildman–Crippen LogP) is 3.85. The van der Waals surface area contributed by atoms with E-state index in [9.17, 15) is 13.2 Å². The minimum Gasteiger partial charge on any atom is -0.322 e. The average molecular weight is 372 g/mol. The molecule has 1 N–H and O–H groups in total. The first-order chi connectivity index (χ1) is 12.4. The van der Waals surface area contributed by atoms with Crippen LogP contribution in [0.15, 0.2) is 53.4 Å². The van der Waals surface area contributed by atoms with Gasteiger partial charge in [-0.15, -0.1) is 0 Å².